The molecule has 1 aliphatic heterocycles. The highest BCUT2D eigenvalue weighted by atomic mass is 32.1. The Morgan fingerprint density at radius 3 is 2.88 bits per heavy atom. The maximum atomic E-state index is 12.5. The number of thiazole rings is 1. The number of carbonyl (C=O) groups excluding carboxylic acids is 1. The maximum absolute atomic E-state index is 12.5. The molecule has 0 atom stereocenters. The number of rotatable bonds is 4. The lowest BCUT2D eigenvalue weighted by molar-refractivity contribution is 0.102. The monoisotopic (exact) mass is 366 g/mol. The van der Waals surface area contributed by atoms with E-state index in [4.69, 9.17) is 0 Å². The maximum Gasteiger partial charge on any atom is 0.276 e. The van der Waals surface area contributed by atoms with Crippen molar-refractivity contribution in [3.63, 3.8) is 0 Å². The van der Waals surface area contributed by atoms with Gasteiger partial charge in [-0.25, -0.2) is 4.98 Å². The van der Waals surface area contributed by atoms with Gasteiger partial charge in [-0.2, -0.15) is 5.10 Å². The number of hydrogen-bond acceptors (Lipinski definition) is 6. The number of nitrogens with one attached hydrogen (secondary N) is 1. The molecule has 1 amide bonds. The first-order valence-electron chi connectivity index (χ1n) is 8.30. The van der Waals surface area contributed by atoms with Gasteiger partial charge in [-0.1, -0.05) is 6.08 Å². The van der Waals surface area contributed by atoms with Crippen molar-refractivity contribution in [3.8, 4) is 0 Å². The van der Waals surface area contributed by atoms with Gasteiger partial charge >= 0.3 is 0 Å². The summed E-state index contributed by atoms with van der Waals surface area (Å²) in [6.07, 6.45) is 8.26. The standard InChI is InChI=1S/C18H18N6OS/c1-23-16(13-3-2-9-24(12-13)18-20-8-10-26-18)11-15(22-23)17(25)21-14-4-6-19-7-5-14/h3-8,10-11H,2,9,12H2,1H3,(H,19,21,25). The molecular weight excluding hydrogens is 348 g/mol. The largest absolute Gasteiger partial charge is 0.343 e. The predicted octanol–water partition coefficient (Wildman–Crippen LogP) is 2.82. The van der Waals surface area contributed by atoms with Crippen LogP contribution in [0.25, 0.3) is 5.57 Å². The smallest absolute Gasteiger partial charge is 0.276 e. The molecule has 0 unspecified atom stereocenters. The van der Waals surface area contributed by atoms with Crippen molar-refractivity contribution in [1.29, 1.82) is 0 Å². The first-order chi connectivity index (χ1) is 12.7. The van der Waals surface area contributed by atoms with E-state index in [1.54, 1.807) is 40.5 Å². The van der Waals surface area contributed by atoms with Crippen LogP contribution >= 0.6 is 11.3 Å². The fourth-order valence-corrected chi connectivity index (χ4v) is 3.64. The van der Waals surface area contributed by atoms with Crippen LogP contribution in [0.5, 0.6) is 0 Å². The van der Waals surface area contributed by atoms with Gasteiger partial charge in [0.1, 0.15) is 0 Å². The van der Waals surface area contributed by atoms with E-state index < -0.39 is 0 Å². The van der Waals surface area contributed by atoms with E-state index in [0.717, 1.165) is 35.9 Å². The Hall–Kier alpha value is -3.00. The molecule has 132 valence electrons. The van der Waals surface area contributed by atoms with Crippen LogP contribution in [0.3, 0.4) is 0 Å². The molecule has 4 rings (SSSR count). The average Bonchev–Trinajstić information content (AvgIpc) is 3.32. The summed E-state index contributed by atoms with van der Waals surface area (Å²) in [6.45, 7) is 1.71. The first-order valence-corrected chi connectivity index (χ1v) is 9.18. The van der Waals surface area contributed by atoms with E-state index in [9.17, 15) is 4.79 Å². The Morgan fingerprint density at radius 1 is 1.27 bits per heavy atom. The van der Waals surface area contributed by atoms with Crippen molar-refractivity contribution in [2.75, 3.05) is 23.3 Å². The molecule has 0 spiro atoms. The molecule has 1 N–H and O–H groups in total. The molecular formula is C18H18N6OS. The van der Waals surface area contributed by atoms with Crippen LogP contribution in [0.2, 0.25) is 0 Å². The van der Waals surface area contributed by atoms with Gasteiger partial charge in [0.15, 0.2) is 10.8 Å². The fraction of sp³-hybridized carbons (Fsp3) is 0.222. The molecule has 4 heterocycles. The highest BCUT2D eigenvalue weighted by Crippen LogP contribution is 2.26. The SMILES string of the molecule is Cn1nc(C(=O)Nc2ccncc2)cc1C1=CCCN(c2nccs2)C1. The third-order valence-electron chi connectivity index (χ3n) is 4.22. The van der Waals surface area contributed by atoms with Crippen LogP contribution in [0, 0.1) is 0 Å². The van der Waals surface area contributed by atoms with Crippen molar-refractivity contribution < 1.29 is 4.79 Å². The summed E-state index contributed by atoms with van der Waals surface area (Å²) in [5.74, 6) is -0.230. The van der Waals surface area contributed by atoms with Gasteiger partial charge in [-0.05, 0) is 30.2 Å². The highest BCUT2D eigenvalue weighted by molar-refractivity contribution is 7.13. The molecule has 8 heteroatoms. The zero-order valence-corrected chi connectivity index (χ0v) is 15.1. The number of carbonyl (C=O) groups is 1. The van der Waals surface area contributed by atoms with Crippen LogP contribution in [0.4, 0.5) is 10.8 Å². The second-order valence-corrected chi connectivity index (χ2v) is 6.86. The number of pyridine rings is 1. The number of aryl methyl sites for hydroxylation is 1. The lowest BCUT2D eigenvalue weighted by Crippen LogP contribution is -2.29. The normalized spacial score (nSPS) is 14.2. The summed E-state index contributed by atoms with van der Waals surface area (Å²) in [5.41, 5.74) is 3.20. The second kappa shape index (κ2) is 7.09. The third kappa shape index (κ3) is 3.36. The Balaban J connectivity index is 1.53. The number of aromatic nitrogens is 4. The van der Waals surface area contributed by atoms with Gasteiger partial charge < -0.3 is 10.2 Å². The van der Waals surface area contributed by atoms with E-state index in [2.05, 4.69) is 31.4 Å². The highest BCUT2D eigenvalue weighted by Gasteiger charge is 2.20. The van der Waals surface area contributed by atoms with Gasteiger partial charge in [-0.3, -0.25) is 14.5 Å². The topological polar surface area (TPSA) is 75.9 Å². The molecule has 0 saturated heterocycles. The van der Waals surface area contributed by atoms with Crippen molar-refractivity contribution in [2.24, 2.45) is 7.05 Å². The molecule has 0 bridgehead atoms. The number of nitrogens with zero attached hydrogens (tertiary/aromatic N) is 5. The molecule has 7 nitrogen and oxygen atoms in total. The lowest BCUT2D eigenvalue weighted by atomic mass is 10.1. The van der Waals surface area contributed by atoms with Crippen LogP contribution in [0.1, 0.15) is 22.6 Å². The van der Waals surface area contributed by atoms with Crippen LogP contribution in [0.15, 0.2) is 48.2 Å². The molecule has 0 aromatic carbocycles. The molecule has 3 aromatic heterocycles. The van der Waals surface area contributed by atoms with E-state index in [1.165, 1.54) is 0 Å². The minimum absolute atomic E-state index is 0.230. The van der Waals surface area contributed by atoms with Crippen LogP contribution in [-0.4, -0.2) is 38.7 Å². The Kier molecular flexibility index (Phi) is 4.49. The number of amides is 1. The van der Waals surface area contributed by atoms with Gasteiger partial charge in [0.05, 0.1) is 5.69 Å². The zero-order valence-electron chi connectivity index (χ0n) is 14.3. The van der Waals surface area contributed by atoms with Crippen molar-refractivity contribution in [1.82, 2.24) is 19.7 Å². The summed E-state index contributed by atoms with van der Waals surface area (Å²) in [7, 11) is 1.86. The summed E-state index contributed by atoms with van der Waals surface area (Å²) in [5, 5.41) is 10.2. The van der Waals surface area contributed by atoms with Crippen LogP contribution < -0.4 is 10.2 Å². The van der Waals surface area contributed by atoms with Crippen molar-refractivity contribution >= 4 is 33.6 Å². The Labute approximate surface area is 155 Å². The summed E-state index contributed by atoms with van der Waals surface area (Å²) < 4.78 is 1.76. The van der Waals surface area contributed by atoms with E-state index in [1.807, 2.05) is 24.7 Å². The Morgan fingerprint density at radius 2 is 2.12 bits per heavy atom. The first kappa shape index (κ1) is 16.5. The third-order valence-corrected chi connectivity index (χ3v) is 5.05. The summed E-state index contributed by atoms with van der Waals surface area (Å²) in [6, 6.07) is 5.34. The molecule has 3 aromatic rings. The van der Waals surface area contributed by atoms with Gasteiger partial charge in [0, 0.05) is 49.8 Å². The van der Waals surface area contributed by atoms with Gasteiger partial charge in [0.25, 0.3) is 5.91 Å². The van der Waals surface area contributed by atoms with E-state index >= 15 is 0 Å². The number of anilines is 2. The average molecular weight is 366 g/mol. The van der Waals surface area contributed by atoms with Crippen molar-refractivity contribution in [2.45, 2.75) is 6.42 Å². The predicted molar refractivity (Wildman–Crippen MR) is 102 cm³/mol. The molecule has 1 aliphatic rings. The lowest BCUT2D eigenvalue weighted by Gasteiger charge is -2.26. The Bertz CT molecular complexity index is 932. The van der Waals surface area contributed by atoms with E-state index in [0.29, 0.717) is 11.4 Å². The zero-order chi connectivity index (χ0) is 17.9. The fourth-order valence-electron chi connectivity index (χ4n) is 2.97. The number of hydrogen-bond donors (Lipinski definition) is 1. The minimum Gasteiger partial charge on any atom is -0.343 e. The quantitative estimate of drug-likeness (QED) is 0.768. The molecule has 0 saturated carbocycles. The second-order valence-electron chi connectivity index (χ2n) is 5.98. The molecule has 26 heavy (non-hydrogen) atoms. The van der Waals surface area contributed by atoms with Gasteiger partial charge in [0.2, 0.25) is 0 Å². The van der Waals surface area contributed by atoms with Crippen LogP contribution in [-0.2, 0) is 7.05 Å². The van der Waals surface area contributed by atoms with E-state index in [-0.39, 0.29) is 5.91 Å². The molecule has 0 aliphatic carbocycles. The minimum atomic E-state index is -0.230. The summed E-state index contributed by atoms with van der Waals surface area (Å²) >= 11 is 1.64. The molecule has 0 radical (unpaired) electrons. The van der Waals surface area contributed by atoms with Crippen molar-refractivity contribution in [3.05, 3.63) is 59.6 Å². The molecule has 0 fully saturated rings. The van der Waals surface area contributed by atoms with Gasteiger partial charge in [-0.15, -0.1) is 11.3 Å². The summed E-state index contributed by atoms with van der Waals surface area (Å²) in [4.78, 5) is 23.1.